The van der Waals surface area contributed by atoms with Gasteiger partial charge in [0.15, 0.2) is 0 Å². The van der Waals surface area contributed by atoms with Crippen LogP contribution in [0.4, 0.5) is 0 Å². The lowest BCUT2D eigenvalue weighted by Crippen LogP contribution is -2.53. The average molecular weight is 344 g/mol. The maximum atomic E-state index is 5.53. The molecule has 138 valence electrons. The number of hydrogen-bond acceptors (Lipinski definition) is 4. The van der Waals surface area contributed by atoms with E-state index < -0.39 is 0 Å². The molecule has 4 heteroatoms. The van der Waals surface area contributed by atoms with Gasteiger partial charge in [0.25, 0.3) is 0 Å². The number of fused-ring (bicyclic) bond motifs is 1. The fourth-order valence-corrected chi connectivity index (χ4v) is 4.88. The van der Waals surface area contributed by atoms with E-state index in [0.29, 0.717) is 12.1 Å². The van der Waals surface area contributed by atoms with Gasteiger partial charge < -0.3 is 15.0 Å². The molecule has 0 spiro atoms. The van der Waals surface area contributed by atoms with E-state index in [4.69, 9.17) is 4.74 Å². The van der Waals surface area contributed by atoms with Crippen molar-refractivity contribution in [3.05, 3.63) is 35.9 Å². The van der Waals surface area contributed by atoms with Crippen molar-refractivity contribution in [3.63, 3.8) is 0 Å². The van der Waals surface area contributed by atoms with E-state index in [-0.39, 0.29) is 0 Å². The van der Waals surface area contributed by atoms with Gasteiger partial charge in [0.1, 0.15) is 0 Å². The quantitative estimate of drug-likeness (QED) is 0.857. The summed E-state index contributed by atoms with van der Waals surface area (Å²) in [7, 11) is 0. The monoisotopic (exact) mass is 343 g/mol. The van der Waals surface area contributed by atoms with E-state index in [1.54, 1.807) is 0 Å². The molecule has 3 aliphatic rings. The smallest absolute Gasteiger partial charge is 0.0594 e. The van der Waals surface area contributed by atoms with Gasteiger partial charge in [-0.3, -0.25) is 4.90 Å². The molecule has 0 bridgehead atoms. The fraction of sp³-hybridized carbons (Fsp3) is 0.714. The van der Waals surface area contributed by atoms with Gasteiger partial charge in [-0.05, 0) is 50.8 Å². The summed E-state index contributed by atoms with van der Waals surface area (Å²) in [6.45, 7) is 7.69. The topological polar surface area (TPSA) is 27.7 Å². The SMILES string of the molecule is c1ccc(C[C@H](CN2CCOCC2)N[C@H]2CCN3CCC[C@@H]3C2)cc1. The molecule has 1 aromatic rings. The standard InChI is InChI=1S/C21H33N3O/c1-2-5-18(6-3-1)15-20(17-23-11-13-25-14-12-23)22-19-8-10-24-9-4-7-21(24)16-19/h1-3,5-6,19-22H,4,7-17H2/t19-,20+,21+/m0/s1. The van der Waals surface area contributed by atoms with Crippen molar-refractivity contribution in [3.8, 4) is 0 Å². The molecule has 0 aromatic heterocycles. The number of ether oxygens (including phenoxy) is 1. The molecular formula is C21H33N3O. The van der Waals surface area contributed by atoms with Crippen molar-refractivity contribution in [2.45, 2.75) is 50.2 Å². The maximum absolute atomic E-state index is 5.53. The molecule has 3 saturated heterocycles. The van der Waals surface area contributed by atoms with Crippen molar-refractivity contribution in [1.29, 1.82) is 0 Å². The van der Waals surface area contributed by atoms with Crippen LogP contribution in [0.25, 0.3) is 0 Å². The Morgan fingerprint density at radius 2 is 1.88 bits per heavy atom. The lowest BCUT2D eigenvalue weighted by Gasteiger charge is -2.38. The van der Waals surface area contributed by atoms with E-state index in [0.717, 1.165) is 45.3 Å². The third-order valence-corrected chi connectivity index (χ3v) is 6.20. The summed E-state index contributed by atoms with van der Waals surface area (Å²) in [5.41, 5.74) is 1.45. The number of hydrogen-bond donors (Lipinski definition) is 1. The molecule has 0 radical (unpaired) electrons. The van der Waals surface area contributed by atoms with Crippen molar-refractivity contribution in [1.82, 2.24) is 15.1 Å². The minimum atomic E-state index is 0.540. The molecule has 0 amide bonds. The first-order valence-corrected chi connectivity index (χ1v) is 10.2. The van der Waals surface area contributed by atoms with E-state index in [2.05, 4.69) is 45.4 Å². The maximum Gasteiger partial charge on any atom is 0.0594 e. The Kier molecular flexibility index (Phi) is 6.03. The molecule has 1 N–H and O–H groups in total. The summed E-state index contributed by atoms with van der Waals surface area (Å²) in [5.74, 6) is 0. The van der Waals surface area contributed by atoms with Crippen LogP contribution in [0.15, 0.2) is 30.3 Å². The van der Waals surface area contributed by atoms with Crippen molar-refractivity contribution in [2.75, 3.05) is 45.9 Å². The first kappa shape index (κ1) is 17.5. The first-order valence-electron chi connectivity index (χ1n) is 10.2. The van der Waals surface area contributed by atoms with E-state index >= 15 is 0 Å². The predicted molar refractivity (Wildman–Crippen MR) is 102 cm³/mol. The first-order chi connectivity index (χ1) is 12.4. The van der Waals surface area contributed by atoms with Gasteiger partial charge in [0, 0.05) is 37.8 Å². The number of nitrogens with one attached hydrogen (secondary N) is 1. The molecule has 4 rings (SSSR count). The lowest BCUT2D eigenvalue weighted by atomic mass is 9.95. The largest absolute Gasteiger partial charge is 0.379 e. The molecule has 3 aliphatic heterocycles. The minimum absolute atomic E-state index is 0.540. The molecule has 0 unspecified atom stereocenters. The summed E-state index contributed by atoms with van der Waals surface area (Å²) in [5, 5.41) is 4.06. The fourth-order valence-electron chi connectivity index (χ4n) is 4.88. The van der Waals surface area contributed by atoms with Crippen LogP contribution in [0.3, 0.4) is 0 Å². The minimum Gasteiger partial charge on any atom is -0.379 e. The normalized spacial score (nSPS) is 29.4. The van der Waals surface area contributed by atoms with Gasteiger partial charge in [-0.2, -0.15) is 0 Å². The number of piperidine rings is 1. The Morgan fingerprint density at radius 1 is 1.04 bits per heavy atom. The van der Waals surface area contributed by atoms with Gasteiger partial charge in [0.05, 0.1) is 13.2 Å². The highest BCUT2D eigenvalue weighted by Crippen LogP contribution is 2.27. The molecule has 0 aliphatic carbocycles. The van der Waals surface area contributed by atoms with Gasteiger partial charge in [-0.25, -0.2) is 0 Å². The highest BCUT2D eigenvalue weighted by molar-refractivity contribution is 5.16. The Hall–Kier alpha value is -0.940. The van der Waals surface area contributed by atoms with E-state index in [1.165, 1.54) is 44.3 Å². The zero-order chi connectivity index (χ0) is 16.9. The second-order valence-electron chi connectivity index (χ2n) is 8.02. The van der Waals surface area contributed by atoms with Crippen LogP contribution in [-0.2, 0) is 11.2 Å². The Morgan fingerprint density at radius 3 is 2.72 bits per heavy atom. The Balaban J connectivity index is 1.37. The zero-order valence-corrected chi connectivity index (χ0v) is 15.4. The number of rotatable bonds is 6. The number of morpholine rings is 1. The molecule has 3 atom stereocenters. The molecule has 1 aromatic carbocycles. The van der Waals surface area contributed by atoms with E-state index in [9.17, 15) is 0 Å². The predicted octanol–water partition coefficient (Wildman–Crippen LogP) is 2.15. The van der Waals surface area contributed by atoms with Crippen molar-refractivity contribution >= 4 is 0 Å². The second kappa shape index (κ2) is 8.63. The summed E-state index contributed by atoms with van der Waals surface area (Å²) in [4.78, 5) is 5.29. The van der Waals surface area contributed by atoms with Crippen molar-refractivity contribution < 1.29 is 4.74 Å². The lowest BCUT2D eigenvalue weighted by molar-refractivity contribution is 0.0319. The molecular weight excluding hydrogens is 310 g/mol. The van der Waals surface area contributed by atoms with Gasteiger partial charge in [0.2, 0.25) is 0 Å². The second-order valence-corrected chi connectivity index (χ2v) is 8.02. The van der Waals surface area contributed by atoms with Crippen LogP contribution < -0.4 is 5.32 Å². The Bertz CT molecular complexity index is 517. The molecule has 3 heterocycles. The molecule has 3 fully saturated rings. The van der Waals surface area contributed by atoms with Crippen LogP contribution in [0.1, 0.15) is 31.2 Å². The summed E-state index contributed by atoms with van der Waals surface area (Å²) in [6.07, 6.45) is 6.59. The highest BCUT2D eigenvalue weighted by atomic mass is 16.5. The van der Waals surface area contributed by atoms with Crippen molar-refractivity contribution in [2.24, 2.45) is 0 Å². The average Bonchev–Trinajstić information content (AvgIpc) is 3.11. The van der Waals surface area contributed by atoms with Gasteiger partial charge in [-0.1, -0.05) is 30.3 Å². The molecule has 25 heavy (non-hydrogen) atoms. The Labute approximate surface area is 152 Å². The van der Waals surface area contributed by atoms with Crippen LogP contribution in [-0.4, -0.2) is 73.9 Å². The summed E-state index contributed by atoms with van der Waals surface area (Å²) >= 11 is 0. The number of benzene rings is 1. The van der Waals surface area contributed by atoms with Crippen LogP contribution in [0, 0.1) is 0 Å². The number of nitrogens with zero attached hydrogens (tertiary/aromatic N) is 2. The zero-order valence-electron chi connectivity index (χ0n) is 15.4. The third-order valence-electron chi connectivity index (χ3n) is 6.20. The van der Waals surface area contributed by atoms with Gasteiger partial charge >= 0.3 is 0 Å². The molecule has 0 saturated carbocycles. The van der Waals surface area contributed by atoms with Crippen LogP contribution >= 0.6 is 0 Å². The highest BCUT2D eigenvalue weighted by Gasteiger charge is 2.32. The van der Waals surface area contributed by atoms with E-state index in [1.807, 2.05) is 0 Å². The van der Waals surface area contributed by atoms with Crippen LogP contribution in [0.5, 0.6) is 0 Å². The summed E-state index contributed by atoms with van der Waals surface area (Å²) < 4.78 is 5.53. The third kappa shape index (κ3) is 4.82. The summed E-state index contributed by atoms with van der Waals surface area (Å²) in [6, 6.07) is 13.1. The van der Waals surface area contributed by atoms with Gasteiger partial charge in [-0.15, -0.1) is 0 Å². The molecule has 4 nitrogen and oxygen atoms in total. The van der Waals surface area contributed by atoms with Crippen LogP contribution in [0.2, 0.25) is 0 Å².